The summed E-state index contributed by atoms with van der Waals surface area (Å²) in [4.78, 5) is 5.14. The fraction of sp³-hybridized carbons (Fsp3) is 1.00. The third-order valence-corrected chi connectivity index (χ3v) is 3.93. The van der Waals surface area contributed by atoms with Gasteiger partial charge < -0.3 is 9.64 Å². The maximum absolute atomic E-state index is 5.78. The smallest absolute Gasteiger partial charge is 0.0593 e. The molecule has 0 aliphatic carbocycles. The van der Waals surface area contributed by atoms with Gasteiger partial charge in [-0.3, -0.25) is 4.90 Å². The van der Waals surface area contributed by atoms with Gasteiger partial charge in [0.05, 0.1) is 6.61 Å². The lowest BCUT2D eigenvalue weighted by molar-refractivity contribution is 0.0621. The van der Waals surface area contributed by atoms with Crippen molar-refractivity contribution in [2.24, 2.45) is 10.8 Å². The molecule has 1 aliphatic rings. The molecule has 21 heavy (non-hydrogen) atoms. The average molecular weight is 299 g/mol. The molecule has 0 N–H and O–H groups in total. The van der Waals surface area contributed by atoms with Crippen LogP contribution in [0.3, 0.4) is 0 Å². The standard InChI is InChI=1S/C18H38N2O/c1-17(2,3)8-7-14-21-15-13-19-9-11-20(12-10-19)16-18(4,5)6/h7-16H2,1-6H3. The second-order valence-electron chi connectivity index (χ2n) is 8.96. The maximum atomic E-state index is 5.78. The number of piperazine rings is 1. The van der Waals surface area contributed by atoms with E-state index in [4.69, 9.17) is 4.74 Å². The van der Waals surface area contributed by atoms with E-state index in [-0.39, 0.29) is 0 Å². The molecule has 1 aliphatic heterocycles. The Bertz CT molecular complexity index is 270. The van der Waals surface area contributed by atoms with Gasteiger partial charge in [0.15, 0.2) is 0 Å². The largest absolute Gasteiger partial charge is 0.380 e. The van der Waals surface area contributed by atoms with Crippen molar-refractivity contribution in [3.8, 4) is 0 Å². The fourth-order valence-corrected chi connectivity index (χ4v) is 2.84. The minimum absolute atomic E-state index is 0.415. The molecule has 0 aromatic heterocycles. The first-order valence-electron chi connectivity index (χ1n) is 8.68. The van der Waals surface area contributed by atoms with Gasteiger partial charge in [0.1, 0.15) is 0 Å². The summed E-state index contributed by atoms with van der Waals surface area (Å²) >= 11 is 0. The first-order valence-corrected chi connectivity index (χ1v) is 8.68. The normalized spacial score (nSPS) is 19.1. The van der Waals surface area contributed by atoms with Gasteiger partial charge in [0, 0.05) is 45.9 Å². The maximum Gasteiger partial charge on any atom is 0.0593 e. The van der Waals surface area contributed by atoms with Crippen molar-refractivity contribution in [3.05, 3.63) is 0 Å². The van der Waals surface area contributed by atoms with Crippen LogP contribution in [0.5, 0.6) is 0 Å². The molecule has 0 amide bonds. The van der Waals surface area contributed by atoms with Crippen LogP contribution in [-0.2, 0) is 4.74 Å². The molecular formula is C18H38N2O. The SMILES string of the molecule is CC(C)(C)CCCOCCN1CCN(CC(C)(C)C)CC1. The molecule has 1 fully saturated rings. The predicted octanol–water partition coefficient (Wildman–Crippen LogP) is 3.49. The zero-order valence-electron chi connectivity index (χ0n) is 15.4. The summed E-state index contributed by atoms with van der Waals surface area (Å²) < 4.78 is 5.78. The van der Waals surface area contributed by atoms with E-state index >= 15 is 0 Å². The van der Waals surface area contributed by atoms with Crippen molar-refractivity contribution in [1.29, 1.82) is 0 Å². The Hall–Kier alpha value is -0.120. The van der Waals surface area contributed by atoms with E-state index in [1.54, 1.807) is 0 Å². The molecule has 0 spiro atoms. The van der Waals surface area contributed by atoms with Crippen molar-refractivity contribution >= 4 is 0 Å². The third-order valence-electron chi connectivity index (χ3n) is 3.93. The van der Waals surface area contributed by atoms with Gasteiger partial charge in [-0.1, -0.05) is 41.5 Å². The van der Waals surface area contributed by atoms with Gasteiger partial charge in [0.25, 0.3) is 0 Å². The second kappa shape index (κ2) is 8.50. The summed E-state index contributed by atoms with van der Waals surface area (Å²) in [5.41, 5.74) is 0.852. The monoisotopic (exact) mass is 298 g/mol. The molecule has 0 radical (unpaired) electrons. The highest BCUT2D eigenvalue weighted by Crippen LogP contribution is 2.20. The topological polar surface area (TPSA) is 15.7 Å². The first kappa shape index (κ1) is 18.9. The molecule has 126 valence electrons. The fourth-order valence-electron chi connectivity index (χ4n) is 2.84. The highest BCUT2D eigenvalue weighted by atomic mass is 16.5. The minimum atomic E-state index is 0.415. The third kappa shape index (κ3) is 10.3. The molecule has 0 aromatic carbocycles. The quantitative estimate of drug-likeness (QED) is 0.669. The van der Waals surface area contributed by atoms with Gasteiger partial charge >= 0.3 is 0 Å². The number of nitrogens with zero attached hydrogens (tertiary/aromatic N) is 2. The van der Waals surface area contributed by atoms with Gasteiger partial charge in [-0.25, -0.2) is 0 Å². The number of hydrogen-bond acceptors (Lipinski definition) is 3. The van der Waals surface area contributed by atoms with E-state index in [0.29, 0.717) is 10.8 Å². The van der Waals surface area contributed by atoms with Gasteiger partial charge in [0.2, 0.25) is 0 Å². The number of hydrogen-bond donors (Lipinski definition) is 0. The Morgan fingerprint density at radius 3 is 1.86 bits per heavy atom. The zero-order valence-corrected chi connectivity index (χ0v) is 15.4. The van der Waals surface area contributed by atoms with Crippen LogP contribution in [0.2, 0.25) is 0 Å². The lowest BCUT2D eigenvalue weighted by atomic mass is 9.91. The van der Waals surface area contributed by atoms with Gasteiger partial charge in [-0.2, -0.15) is 0 Å². The lowest BCUT2D eigenvalue weighted by Crippen LogP contribution is -2.49. The molecule has 1 saturated heterocycles. The van der Waals surface area contributed by atoms with E-state index in [0.717, 1.165) is 19.8 Å². The first-order chi connectivity index (χ1) is 9.66. The molecule has 0 atom stereocenters. The Labute approximate surface area is 133 Å². The van der Waals surface area contributed by atoms with E-state index < -0.39 is 0 Å². The van der Waals surface area contributed by atoms with Crippen LogP contribution in [0, 0.1) is 10.8 Å². The molecule has 1 heterocycles. The number of ether oxygens (including phenoxy) is 1. The summed E-state index contributed by atoms with van der Waals surface area (Å²) in [5, 5.41) is 0. The Morgan fingerprint density at radius 1 is 0.762 bits per heavy atom. The van der Waals surface area contributed by atoms with Crippen LogP contribution < -0.4 is 0 Å². The molecule has 0 aromatic rings. The summed E-state index contributed by atoms with van der Waals surface area (Å²) in [6, 6.07) is 0. The van der Waals surface area contributed by atoms with E-state index in [9.17, 15) is 0 Å². The van der Waals surface area contributed by atoms with Gasteiger partial charge in [-0.05, 0) is 23.7 Å². The summed E-state index contributed by atoms with van der Waals surface area (Å²) in [6.45, 7) is 22.8. The molecule has 1 rings (SSSR count). The van der Waals surface area contributed by atoms with Crippen molar-refractivity contribution in [3.63, 3.8) is 0 Å². The Morgan fingerprint density at radius 2 is 1.33 bits per heavy atom. The Balaban J connectivity index is 2.01. The highest BCUT2D eigenvalue weighted by molar-refractivity contribution is 4.76. The second-order valence-corrected chi connectivity index (χ2v) is 8.96. The molecule has 3 heteroatoms. The number of rotatable bonds is 7. The minimum Gasteiger partial charge on any atom is -0.380 e. The van der Waals surface area contributed by atoms with E-state index in [2.05, 4.69) is 51.3 Å². The molecule has 0 saturated carbocycles. The van der Waals surface area contributed by atoms with Crippen molar-refractivity contribution < 1.29 is 4.74 Å². The summed E-state index contributed by atoms with van der Waals surface area (Å²) in [7, 11) is 0. The van der Waals surface area contributed by atoms with Crippen molar-refractivity contribution in [1.82, 2.24) is 9.80 Å². The molecule has 0 bridgehead atoms. The summed E-state index contributed by atoms with van der Waals surface area (Å²) in [6.07, 6.45) is 2.43. The highest BCUT2D eigenvalue weighted by Gasteiger charge is 2.21. The van der Waals surface area contributed by atoms with Crippen LogP contribution in [0.15, 0.2) is 0 Å². The Kier molecular flexibility index (Phi) is 7.66. The van der Waals surface area contributed by atoms with Crippen LogP contribution >= 0.6 is 0 Å². The van der Waals surface area contributed by atoms with Crippen molar-refractivity contribution in [2.45, 2.75) is 54.4 Å². The predicted molar refractivity (Wildman–Crippen MR) is 91.8 cm³/mol. The molecule has 0 unspecified atom stereocenters. The zero-order chi connectivity index (χ0) is 15.9. The lowest BCUT2D eigenvalue weighted by Gasteiger charge is -2.37. The summed E-state index contributed by atoms with van der Waals surface area (Å²) in [5.74, 6) is 0. The molecule has 3 nitrogen and oxygen atoms in total. The van der Waals surface area contributed by atoms with Crippen LogP contribution in [-0.4, -0.2) is 62.3 Å². The van der Waals surface area contributed by atoms with Crippen LogP contribution in [0.25, 0.3) is 0 Å². The van der Waals surface area contributed by atoms with Gasteiger partial charge in [-0.15, -0.1) is 0 Å². The van der Waals surface area contributed by atoms with E-state index in [1.165, 1.54) is 45.6 Å². The average Bonchev–Trinajstić information content (AvgIpc) is 2.32. The molecular weight excluding hydrogens is 260 g/mol. The van der Waals surface area contributed by atoms with Crippen LogP contribution in [0.1, 0.15) is 54.4 Å². The van der Waals surface area contributed by atoms with Crippen molar-refractivity contribution in [2.75, 3.05) is 52.5 Å². The van der Waals surface area contributed by atoms with Crippen LogP contribution in [0.4, 0.5) is 0 Å². The van der Waals surface area contributed by atoms with E-state index in [1.807, 2.05) is 0 Å².